The Hall–Kier alpha value is -2.68. The van der Waals surface area contributed by atoms with Gasteiger partial charge in [-0.3, -0.25) is 4.79 Å². The summed E-state index contributed by atoms with van der Waals surface area (Å²) in [5.74, 6) is -4.13. The first-order valence-corrected chi connectivity index (χ1v) is 8.69. The van der Waals surface area contributed by atoms with Crippen LogP contribution in [0.15, 0.2) is 23.0 Å². The van der Waals surface area contributed by atoms with Crippen LogP contribution >= 0.6 is 0 Å². The molecule has 0 saturated heterocycles. The largest absolute Gasteiger partial charge is 0.390 e. The van der Waals surface area contributed by atoms with Gasteiger partial charge in [-0.25, -0.2) is 18.2 Å². The summed E-state index contributed by atoms with van der Waals surface area (Å²) < 4.78 is 41.2. The molecule has 1 atom stereocenters. The molecule has 0 amide bonds. The number of halogens is 3. The van der Waals surface area contributed by atoms with Crippen LogP contribution in [0, 0.1) is 24.1 Å². The van der Waals surface area contributed by atoms with Gasteiger partial charge in [0.1, 0.15) is 23.0 Å². The minimum absolute atomic E-state index is 0.0595. The van der Waals surface area contributed by atoms with E-state index in [9.17, 15) is 23.1 Å². The molecule has 0 aliphatic rings. The average Bonchev–Trinajstić information content (AvgIpc) is 2.57. The molecule has 1 aromatic carbocycles. The minimum Gasteiger partial charge on any atom is -0.390 e. The van der Waals surface area contributed by atoms with Crippen molar-refractivity contribution >= 4 is 11.5 Å². The molecule has 9 heteroatoms. The van der Waals surface area contributed by atoms with E-state index in [0.29, 0.717) is 12.5 Å². The van der Waals surface area contributed by atoms with E-state index in [4.69, 9.17) is 5.41 Å². The summed E-state index contributed by atoms with van der Waals surface area (Å²) in [5.41, 5.74) is -1.36. The van der Waals surface area contributed by atoms with Crippen LogP contribution in [0.1, 0.15) is 49.3 Å². The molecule has 2 aromatic rings. The number of aryl methyl sites for hydroxylation is 1. The Bertz CT molecular complexity index is 936. The van der Waals surface area contributed by atoms with Gasteiger partial charge >= 0.3 is 0 Å². The van der Waals surface area contributed by atoms with Gasteiger partial charge in [0.15, 0.2) is 0 Å². The molecule has 152 valence electrons. The topological polar surface area (TPSA) is 102 Å². The molecule has 0 radical (unpaired) electrons. The zero-order chi connectivity index (χ0) is 21.2. The second-order valence-corrected chi connectivity index (χ2v) is 7.01. The van der Waals surface area contributed by atoms with E-state index < -0.39 is 35.5 Å². The number of aromatic amines is 1. The molecule has 0 aliphatic carbocycles. The second kappa shape index (κ2) is 8.14. The van der Waals surface area contributed by atoms with E-state index in [1.807, 2.05) is 13.8 Å². The number of H-pyrrole nitrogens is 1. The molecule has 1 aromatic heterocycles. The SMILES string of the molecule is Cc1nc(NC(c2ccc(C(C)(F)F)c(F)c2)C(C)C)c(C(=N)CO)c(=O)[nH]1. The maximum Gasteiger partial charge on any atom is 0.273 e. The van der Waals surface area contributed by atoms with E-state index in [-0.39, 0.29) is 28.8 Å². The van der Waals surface area contributed by atoms with Gasteiger partial charge in [-0.05, 0) is 30.5 Å². The average molecular weight is 396 g/mol. The van der Waals surface area contributed by atoms with Gasteiger partial charge in [-0.15, -0.1) is 0 Å². The Morgan fingerprint density at radius 3 is 2.54 bits per heavy atom. The quantitative estimate of drug-likeness (QED) is 0.538. The lowest BCUT2D eigenvalue weighted by molar-refractivity contribution is 0.0137. The van der Waals surface area contributed by atoms with Gasteiger partial charge in [-0.2, -0.15) is 0 Å². The molecule has 1 heterocycles. The fraction of sp³-hybridized carbons (Fsp3) is 0.421. The standard InChI is InChI=1S/C19H23F3N4O2/c1-9(2)16(11-5-6-12(13(20)7-11)19(4,21)22)26-17-15(14(23)8-27)18(28)25-10(3)24-17/h5-7,9,16,23,27H,8H2,1-4H3,(H2,24,25,26,28). The Kier molecular flexibility index (Phi) is 6.28. The highest BCUT2D eigenvalue weighted by Gasteiger charge is 2.29. The molecule has 1 unspecified atom stereocenters. The van der Waals surface area contributed by atoms with Crippen molar-refractivity contribution < 1.29 is 18.3 Å². The number of nitrogens with one attached hydrogen (secondary N) is 3. The number of rotatable bonds is 7. The van der Waals surface area contributed by atoms with Crippen molar-refractivity contribution in [1.82, 2.24) is 9.97 Å². The van der Waals surface area contributed by atoms with Crippen molar-refractivity contribution in [3.8, 4) is 0 Å². The van der Waals surface area contributed by atoms with E-state index in [1.165, 1.54) is 6.07 Å². The van der Waals surface area contributed by atoms with Crippen LogP contribution in [-0.2, 0) is 5.92 Å². The zero-order valence-corrected chi connectivity index (χ0v) is 16.0. The summed E-state index contributed by atoms with van der Waals surface area (Å²) in [4.78, 5) is 18.9. The molecule has 28 heavy (non-hydrogen) atoms. The van der Waals surface area contributed by atoms with Gasteiger partial charge < -0.3 is 20.8 Å². The zero-order valence-electron chi connectivity index (χ0n) is 16.0. The summed E-state index contributed by atoms with van der Waals surface area (Å²) in [5, 5.41) is 20.1. The van der Waals surface area contributed by atoms with Crippen LogP contribution in [0.4, 0.5) is 19.0 Å². The number of alkyl halides is 2. The first-order chi connectivity index (χ1) is 13.0. The first kappa shape index (κ1) is 21.6. The Labute approximate surface area is 160 Å². The molecule has 0 bridgehead atoms. The smallest absolute Gasteiger partial charge is 0.273 e. The molecular weight excluding hydrogens is 373 g/mol. The predicted octanol–water partition coefficient (Wildman–Crippen LogP) is 3.50. The van der Waals surface area contributed by atoms with Gasteiger partial charge in [0.25, 0.3) is 11.5 Å². The third kappa shape index (κ3) is 4.59. The summed E-state index contributed by atoms with van der Waals surface area (Å²) >= 11 is 0. The minimum atomic E-state index is -3.31. The second-order valence-electron chi connectivity index (χ2n) is 7.01. The maximum absolute atomic E-state index is 14.3. The first-order valence-electron chi connectivity index (χ1n) is 8.69. The van der Waals surface area contributed by atoms with Crippen LogP contribution < -0.4 is 10.9 Å². The van der Waals surface area contributed by atoms with Gasteiger partial charge in [-0.1, -0.05) is 19.9 Å². The number of anilines is 1. The van der Waals surface area contributed by atoms with Crippen LogP contribution in [0.2, 0.25) is 0 Å². The number of nitrogens with zero attached hydrogens (tertiary/aromatic N) is 1. The molecule has 0 spiro atoms. The number of hydrogen-bond donors (Lipinski definition) is 4. The van der Waals surface area contributed by atoms with E-state index >= 15 is 0 Å². The van der Waals surface area contributed by atoms with Crippen molar-refractivity contribution in [3.05, 3.63) is 56.9 Å². The fourth-order valence-corrected chi connectivity index (χ4v) is 2.91. The molecule has 0 fully saturated rings. The van der Waals surface area contributed by atoms with Crippen molar-refractivity contribution in [2.24, 2.45) is 5.92 Å². The Morgan fingerprint density at radius 2 is 2.04 bits per heavy atom. The van der Waals surface area contributed by atoms with Crippen molar-refractivity contribution in [2.75, 3.05) is 11.9 Å². The normalized spacial score (nSPS) is 12.9. The van der Waals surface area contributed by atoms with E-state index in [1.54, 1.807) is 6.92 Å². The molecular formula is C19H23F3N4O2. The highest BCUT2D eigenvalue weighted by molar-refractivity contribution is 6.02. The number of benzene rings is 1. The summed E-state index contributed by atoms with van der Waals surface area (Å²) in [7, 11) is 0. The van der Waals surface area contributed by atoms with Gasteiger partial charge in [0.05, 0.1) is 23.9 Å². The molecule has 0 aliphatic heterocycles. The summed E-state index contributed by atoms with van der Waals surface area (Å²) in [6.45, 7) is 5.17. The highest BCUT2D eigenvalue weighted by atomic mass is 19.3. The van der Waals surface area contributed by atoms with E-state index in [2.05, 4.69) is 15.3 Å². The predicted molar refractivity (Wildman–Crippen MR) is 101 cm³/mol. The van der Waals surface area contributed by atoms with Gasteiger partial charge in [0.2, 0.25) is 0 Å². The Morgan fingerprint density at radius 1 is 1.39 bits per heavy atom. The third-order valence-corrected chi connectivity index (χ3v) is 4.28. The summed E-state index contributed by atoms with van der Waals surface area (Å²) in [6, 6.07) is 2.88. The number of aliphatic hydroxyl groups is 1. The highest BCUT2D eigenvalue weighted by Crippen LogP contribution is 2.33. The van der Waals surface area contributed by atoms with E-state index in [0.717, 1.165) is 12.1 Å². The summed E-state index contributed by atoms with van der Waals surface area (Å²) in [6.07, 6.45) is 0. The van der Waals surface area contributed by atoms with Crippen LogP contribution in [-0.4, -0.2) is 27.4 Å². The molecule has 0 saturated carbocycles. The van der Waals surface area contributed by atoms with Crippen molar-refractivity contribution in [1.29, 1.82) is 5.41 Å². The lowest BCUT2D eigenvalue weighted by Crippen LogP contribution is -2.27. The van der Waals surface area contributed by atoms with Crippen LogP contribution in [0.3, 0.4) is 0 Å². The lowest BCUT2D eigenvalue weighted by Gasteiger charge is -2.25. The molecule has 6 nitrogen and oxygen atoms in total. The molecule has 2 rings (SSSR count). The van der Waals surface area contributed by atoms with Crippen LogP contribution in [0.5, 0.6) is 0 Å². The molecule has 4 N–H and O–H groups in total. The number of aromatic nitrogens is 2. The number of aliphatic hydroxyl groups excluding tert-OH is 1. The van der Waals surface area contributed by atoms with Crippen molar-refractivity contribution in [3.63, 3.8) is 0 Å². The monoisotopic (exact) mass is 396 g/mol. The van der Waals surface area contributed by atoms with Crippen molar-refractivity contribution in [2.45, 2.75) is 39.7 Å². The maximum atomic E-state index is 14.3. The third-order valence-electron chi connectivity index (χ3n) is 4.28. The Balaban J connectivity index is 2.52. The van der Waals surface area contributed by atoms with Gasteiger partial charge in [0, 0.05) is 6.92 Å². The number of hydrogen-bond acceptors (Lipinski definition) is 5. The lowest BCUT2D eigenvalue weighted by atomic mass is 9.94. The fourth-order valence-electron chi connectivity index (χ4n) is 2.91. The van der Waals surface area contributed by atoms with Crippen LogP contribution in [0.25, 0.3) is 0 Å².